The molecule has 1 aromatic heterocycles. The van der Waals surface area contributed by atoms with Crippen LogP contribution in [0.4, 0.5) is 4.79 Å². The second-order valence-electron chi connectivity index (χ2n) is 7.64. The number of amides is 2. The van der Waals surface area contributed by atoms with Crippen molar-refractivity contribution in [1.82, 2.24) is 20.2 Å². The predicted octanol–water partition coefficient (Wildman–Crippen LogP) is 1.79. The normalized spacial score (nSPS) is 28.0. The first-order chi connectivity index (χ1) is 12.1. The quantitative estimate of drug-likeness (QED) is 0.849. The number of carbonyl (C=O) groups excluding carboxylic acids is 1. The molecule has 7 nitrogen and oxygen atoms in total. The van der Waals surface area contributed by atoms with Crippen LogP contribution < -0.4 is 5.32 Å². The molecule has 134 valence electrons. The van der Waals surface area contributed by atoms with E-state index in [-0.39, 0.29) is 11.9 Å². The monoisotopic (exact) mass is 344 g/mol. The van der Waals surface area contributed by atoms with Crippen molar-refractivity contribution in [2.24, 2.45) is 11.3 Å². The number of nitrogens with zero attached hydrogens (tertiary/aromatic N) is 3. The summed E-state index contributed by atoms with van der Waals surface area (Å²) in [6.45, 7) is 1.39. The van der Waals surface area contributed by atoms with E-state index in [0.29, 0.717) is 38.4 Å². The summed E-state index contributed by atoms with van der Waals surface area (Å²) in [5, 5.41) is 12.5. The fourth-order valence-corrected chi connectivity index (χ4v) is 4.27. The molecule has 2 heterocycles. The first kappa shape index (κ1) is 16.3. The molecule has 0 bridgehead atoms. The molecule has 2 saturated carbocycles. The molecule has 0 aromatic carbocycles. The molecule has 0 spiro atoms. The molecule has 1 aliphatic heterocycles. The van der Waals surface area contributed by atoms with Gasteiger partial charge in [0, 0.05) is 37.9 Å². The Morgan fingerprint density at radius 2 is 2.04 bits per heavy atom. The van der Waals surface area contributed by atoms with Gasteiger partial charge in [0.1, 0.15) is 5.82 Å². The van der Waals surface area contributed by atoms with E-state index in [0.717, 1.165) is 24.2 Å². The zero-order valence-corrected chi connectivity index (χ0v) is 14.3. The summed E-state index contributed by atoms with van der Waals surface area (Å²) in [5.74, 6) is 0.817. The van der Waals surface area contributed by atoms with E-state index in [2.05, 4.69) is 15.3 Å². The van der Waals surface area contributed by atoms with Crippen LogP contribution in [0.1, 0.15) is 49.4 Å². The standard InChI is InChI=1S/C18H24N4O3/c23-16(24)18-6-1-2-14(18)10-22(11-18)17(25)19-7-5-12-8-20-15(21-9-12)13-3-4-13/h8-9,13-14H,1-7,10-11H2,(H,19,25)(H,23,24)/t14-,18+/m0/s1. The fourth-order valence-electron chi connectivity index (χ4n) is 4.27. The first-order valence-electron chi connectivity index (χ1n) is 9.15. The van der Waals surface area contributed by atoms with Crippen molar-refractivity contribution >= 4 is 12.0 Å². The minimum Gasteiger partial charge on any atom is -0.481 e. The summed E-state index contributed by atoms with van der Waals surface area (Å²) in [6.07, 6.45) is 9.26. The Balaban J connectivity index is 1.27. The third kappa shape index (κ3) is 3.07. The summed E-state index contributed by atoms with van der Waals surface area (Å²) < 4.78 is 0. The van der Waals surface area contributed by atoms with Gasteiger partial charge in [-0.25, -0.2) is 14.8 Å². The van der Waals surface area contributed by atoms with Gasteiger partial charge in [-0.05, 0) is 43.6 Å². The number of carboxylic acid groups (broad SMARTS) is 1. The molecule has 2 atom stereocenters. The Bertz CT molecular complexity index is 673. The number of rotatable bonds is 5. The number of hydrogen-bond donors (Lipinski definition) is 2. The Morgan fingerprint density at radius 3 is 2.68 bits per heavy atom. The smallest absolute Gasteiger partial charge is 0.317 e. The average Bonchev–Trinajstić information content (AvgIpc) is 3.25. The highest BCUT2D eigenvalue weighted by atomic mass is 16.4. The molecule has 2 amide bonds. The summed E-state index contributed by atoms with van der Waals surface area (Å²) in [4.78, 5) is 34.5. The summed E-state index contributed by atoms with van der Waals surface area (Å²) >= 11 is 0. The number of carboxylic acids is 1. The van der Waals surface area contributed by atoms with Crippen LogP contribution >= 0.6 is 0 Å². The van der Waals surface area contributed by atoms with E-state index < -0.39 is 11.4 Å². The maximum atomic E-state index is 12.4. The van der Waals surface area contributed by atoms with Gasteiger partial charge in [0.05, 0.1) is 5.41 Å². The lowest BCUT2D eigenvalue weighted by Crippen LogP contribution is -2.42. The fraction of sp³-hybridized carbons (Fsp3) is 0.667. The van der Waals surface area contributed by atoms with Crippen LogP contribution in [0.5, 0.6) is 0 Å². The van der Waals surface area contributed by atoms with Gasteiger partial charge in [-0.15, -0.1) is 0 Å². The van der Waals surface area contributed by atoms with Crippen molar-refractivity contribution in [3.63, 3.8) is 0 Å². The number of urea groups is 1. The van der Waals surface area contributed by atoms with E-state index in [1.807, 2.05) is 12.4 Å². The topological polar surface area (TPSA) is 95.4 Å². The van der Waals surface area contributed by atoms with Gasteiger partial charge >= 0.3 is 12.0 Å². The lowest BCUT2D eigenvalue weighted by atomic mass is 9.81. The highest BCUT2D eigenvalue weighted by Crippen LogP contribution is 2.48. The molecule has 25 heavy (non-hydrogen) atoms. The van der Waals surface area contributed by atoms with Crippen molar-refractivity contribution in [2.45, 2.75) is 44.4 Å². The molecule has 1 aromatic rings. The van der Waals surface area contributed by atoms with Gasteiger partial charge in [0.2, 0.25) is 0 Å². The molecular formula is C18H24N4O3. The molecule has 3 fully saturated rings. The SMILES string of the molecule is O=C(NCCc1cnc(C2CC2)nc1)N1C[C@@H]2CCC[C@@]2(C(=O)O)C1. The molecule has 3 aliphatic rings. The van der Waals surface area contributed by atoms with Crippen molar-refractivity contribution < 1.29 is 14.7 Å². The van der Waals surface area contributed by atoms with Crippen molar-refractivity contribution in [2.75, 3.05) is 19.6 Å². The maximum Gasteiger partial charge on any atom is 0.317 e. The third-order valence-electron chi connectivity index (χ3n) is 5.94. The van der Waals surface area contributed by atoms with Crippen LogP contribution in [0.2, 0.25) is 0 Å². The predicted molar refractivity (Wildman–Crippen MR) is 90.1 cm³/mol. The number of hydrogen-bond acceptors (Lipinski definition) is 4. The number of likely N-dealkylation sites (tertiary alicyclic amines) is 1. The van der Waals surface area contributed by atoms with Crippen molar-refractivity contribution in [1.29, 1.82) is 0 Å². The van der Waals surface area contributed by atoms with Crippen LogP contribution in [0.15, 0.2) is 12.4 Å². The molecule has 0 radical (unpaired) electrons. The van der Waals surface area contributed by atoms with Crippen molar-refractivity contribution in [3.8, 4) is 0 Å². The molecule has 1 saturated heterocycles. The number of carbonyl (C=O) groups is 2. The van der Waals surface area contributed by atoms with Crippen LogP contribution in [-0.2, 0) is 11.2 Å². The Morgan fingerprint density at radius 1 is 1.28 bits per heavy atom. The number of fused-ring (bicyclic) bond motifs is 1. The summed E-state index contributed by atoms with van der Waals surface area (Å²) in [5.41, 5.74) is 0.286. The largest absolute Gasteiger partial charge is 0.481 e. The minimum atomic E-state index is -0.752. The highest BCUT2D eigenvalue weighted by Gasteiger charge is 2.55. The van der Waals surface area contributed by atoms with Gasteiger partial charge in [0.25, 0.3) is 0 Å². The third-order valence-corrected chi connectivity index (χ3v) is 5.94. The van der Waals surface area contributed by atoms with E-state index >= 15 is 0 Å². The van der Waals surface area contributed by atoms with Gasteiger partial charge in [-0.1, -0.05) is 6.42 Å². The Labute approximate surface area is 146 Å². The minimum absolute atomic E-state index is 0.0964. The van der Waals surface area contributed by atoms with Gasteiger partial charge < -0.3 is 15.3 Å². The number of aliphatic carboxylic acids is 1. The molecule has 2 N–H and O–H groups in total. The number of aromatic nitrogens is 2. The molecule has 7 heteroatoms. The zero-order chi connectivity index (χ0) is 17.4. The van der Waals surface area contributed by atoms with Gasteiger partial charge in [-0.2, -0.15) is 0 Å². The summed E-state index contributed by atoms with van der Waals surface area (Å²) in [6, 6.07) is -0.162. The molecular weight excluding hydrogens is 320 g/mol. The lowest BCUT2D eigenvalue weighted by molar-refractivity contribution is -0.149. The van der Waals surface area contributed by atoms with Crippen LogP contribution in [-0.4, -0.2) is 51.6 Å². The van der Waals surface area contributed by atoms with E-state index in [1.165, 1.54) is 12.8 Å². The van der Waals surface area contributed by atoms with E-state index in [1.54, 1.807) is 4.90 Å². The maximum absolute atomic E-state index is 12.4. The van der Waals surface area contributed by atoms with Crippen LogP contribution in [0, 0.1) is 11.3 Å². The average molecular weight is 344 g/mol. The van der Waals surface area contributed by atoms with Crippen LogP contribution in [0.25, 0.3) is 0 Å². The molecule has 0 unspecified atom stereocenters. The van der Waals surface area contributed by atoms with Crippen molar-refractivity contribution in [3.05, 3.63) is 23.8 Å². The van der Waals surface area contributed by atoms with E-state index in [9.17, 15) is 14.7 Å². The second-order valence-corrected chi connectivity index (χ2v) is 7.64. The lowest BCUT2D eigenvalue weighted by Gasteiger charge is -2.23. The second kappa shape index (κ2) is 6.28. The first-order valence-corrected chi connectivity index (χ1v) is 9.15. The highest BCUT2D eigenvalue weighted by molar-refractivity contribution is 5.80. The van der Waals surface area contributed by atoms with Gasteiger partial charge in [0.15, 0.2) is 0 Å². The summed E-state index contributed by atoms with van der Waals surface area (Å²) in [7, 11) is 0. The van der Waals surface area contributed by atoms with Gasteiger partial charge in [-0.3, -0.25) is 4.79 Å². The molecule has 2 aliphatic carbocycles. The van der Waals surface area contributed by atoms with Crippen LogP contribution in [0.3, 0.4) is 0 Å². The van der Waals surface area contributed by atoms with E-state index in [4.69, 9.17) is 0 Å². The molecule has 4 rings (SSSR count). The number of nitrogens with one attached hydrogen (secondary N) is 1. The zero-order valence-electron chi connectivity index (χ0n) is 14.3. The Kier molecular flexibility index (Phi) is 4.09. The Hall–Kier alpha value is -2.18.